The van der Waals surface area contributed by atoms with E-state index >= 15 is 0 Å². The summed E-state index contributed by atoms with van der Waals surface area (Å²) in [7, 11) is -3.69. The molecule has 23 heavy (non-hydrogen) atoms. The molecule has 1 saturated heterocycles. The monoisotopic (exact) mass is 344 g/mol. The van der Waals surface area contributed by atoms with Crippen molar-refractivity contribution >= 4 is 15.7 Å². The fraction of sp³-hybridized carbons (Fsp3) is 0.571. The van der Waals surface area contributed by atoms with Gasteiger partial charge in [-0.05, 0) is 31.9 Å². The van der Waals surface area contributed by atoms with Crippen LogP contribution in [0.2, 0.25) is 0 Å². The normalized spacial score (nSPS) is 15.7. The van der Waals surface area contributed by atoms with Crippen LogP contribution in [0.5, 0.6) is 5.75 Å². The van der Waals surface area contributed by atoms with Crippen LogP contribution in [0, 0.1) is 10.1 Å². The highest BCUT2D eigenvalue weighted by Crippen LogP contribution is 2.31. The summed E-state index contributed by atoms with van der Waals surface area (Å²) < 4.78 is 36.7. The zero-order chi connectivity index (χ0) is 16.9. The minimum absolute atomic E-state index is 0.0371. The summed E-state index contributed by atoms with van der Waals surface area (Å²) in [5, 5.41) is 11.2. The lowest BCUT2D eigenvalue weighted by atomic mass is 10.3. The number of nitro benzene ring substituents is 1. The number of nitro groups is 1. The molecule has 0 saturated carbocycles. The van der Waals surface area contributed by atoms with Crippen molar-refractivity contribution < 1.29 is 22.8 Å². The zero-order valence-electron chi connectivity index (χ0n) is 12.9. The largest absolute Gasteiger partial charge is 0.484 e. The Morgan fingerprint density at radius 3 is 2.57 bits per heavy atom. The Kier molecular flexibility index (Phi) is 5.91. The van der Waals surface area contributed by atoms with Crippen LogP contribution < -0.4 is 4.74 Å². The van der Waals surface area contributed by atoms with Crippen molar-refractivity contribution in [3.8, 4) is 5.75 Å². The van der Waals surface area contributed by atoms with Gasteiger partial charge in [0.05, 0.1) is 16.4 Å². The van der Waals surface area contributed by atoms with E-state index in [0.717, 1.165) is 18.9 Å². The van der Waals surface area contributed by atoms with Gasteiger partial charge in [0.25, 0.3) is 0 Å². The number of hydrogen-bond acceptors (Lipinski definition) is 6. The van der Waals surface area contributed by atoms with Gasteiger partial charge in [-0.25, -0.2) is 8.42 Å². The Morgan fingerprint density at radius 1 is 1.26 bits per heavy atom. The molecule has 1 heterocycles. The maximum atomic E-state index is 12.5. The molecule has 1 aromatic rings. The van der Waals surface area contributed by atoms with E-state index in [4.69, 9.17) is 9.47 Å². The van der Waals surface area contributed by atoms with Gasteiger partial charge < -0.3 is 9.47 Å². The Bertz CT molecular complexity index is 655. The average Bonchev–Trinajstić information content (AvgIpc) is 3.06. The van der Waals surface area contributed by atoms with Crippen molar-refractivity contribution in [2.75, 3.05) is 32.9 Å². The van der Waals surface area contributed by atoms with Gasteiger partial charge in [-0.2, -0.15) is 4.31 Å². The van der Waals surface area contributed by atoms with Gasteiger partial charge in [0.15, 0.2) is 5.75 Å². The molecule has 0 bridgehead atoms. The molecular formula is C14H20N2O6S. The molecule has 0 radical (unpaired) electrons. The molecule has 0 aliphatic carbocycles. The van der Waals surface area contributed by atoms with Crippen LogP contribution >= 0.6 is 0 Å². The first-order valence-corrected chi connectivity index (χ1v) is 8.90. The molecule has 1 aliphatic rings. The quantitative estimate of drug-likeness (QED) is 0.405. The highest BCUT2D eigenvalue weighted by Gasteiger charge is 2.29. The number of hydrogen-bond donors (Lipinski definition) is 0. The third-order valence-electron chi connectivity index (χ3n) is 3.52. The molecule has 128 valence electrons. The van der Waals surface area contributed by atoms with Crippen molar-refractivity contribution in [2.45, 2.75) is 24.7 Å². The lowest BCUT2D eigenvalue weighted by Crippen LogP contribution is -2.27. The summed E-state index contributed by atoms with van der Waals surface area (Å²) in [6, 6.07) is 3.73. The second-order valence-electron chi connectivity index (χ2n) is 5.04. The summed E-state index contributed by atoms with van der Waals surface area (Å²) in [6.07, 6.45) is 1.61. The standard InChI is InChI=1S/C14H20N2O6S/c1-2-21-9-10-22-14-6-5-12(11-13(14)16(17)18)23(19,20)15-7-3-4-8-15/h5-6,11H,2-4,7-10H2,1H3. The third-order valence-corrected chi connectivity index (χ3v) is 5.41. The van der Waals surface area contributed by atoms with Gasteiger partial charge in [-0.15, -0.1) is 0 Å². The first-order chi connectivity index (χ1) is 11.0. The minimum Gasteiger partial charge on any atom is -0.484 e. The van der Waals surface area contributed by atoms with Crippen molar-refractivity contribution in [1.82, 2.24) is 4.31 Å². The molecule has 0 spiro atoms. The Hall–Kier alpha value is -1.71. The first kappa shape index (κ1) is 17.6. The van der Waals surface area contributed by atoms with E-state index in [1.807, 2.05) is 6.92 Å². The summed E-state index contributed by atoms with van der Waals surface area (Å²) >= 11 is 0. The molecule has 1 fully saturated rings. The fourth-order valence-corrected chi connectivity index (χ4v) is 3.89. The number of ether oxygens (including phenoxy) is 2. The molecule has 9 heteroatoms. The summed E-state index contributed by atoms with van der Waals surface area (Å²) in [6.45, 7) is 3.72. The smallest absolute Gasteiger partial charge is 0.312 e. The molecule has 1 aromatic carbocycles. The van der Waals surface area contributed by atoms with Crippen molar-refractivity contribution in [2.24, 2.45) is 0 Å². The van der Waals surface area contributed by atoms with Crippen LogP contribution in [0.25, 0.3) is 0 Å². The van der Waals surface area contributed by atoms with Gasteiger partial charge in [0, 0.05) is 25.8 Å². The zero-order valence-corrected chi connectivity index (χ0v) is 13.8. The van der Waals surface area contributed by atoms with E-state index in [0.29, 0.717) is 26.3 Å². The number of nitrogens with zero attached hydrogens (tertiary/aromatic N) is 2. The second kappa shape index (κ2) is 7.71. The Morgan fingerprint density at radius 2 is 1.96 bits per heavy atom. The molecule has 2 rings (SSSR count). The highest BCUT2D eigenvalue weighted by atomic mass is 32.2. The van der Waals surface area contributed by atoms with Crippen molar-refractivity contribution in [3.05, 3.63) is 28.3 Å². The van der Waals surface area contributed by atoms with Crippen LogP contribution in [0.1, 0.15) is 19.8 Å². The molecular weight excluding hydrogens is 324 g/mol. The van der Waals surface area contributed by atoms with Crippen molar-refractivity contribution in [1.29, 1.82) is 0 Å². The van der Waals surface area contributed by atoms with E-state index in [9.17, 15) is 18.5 Å². The highest BCUT2D eigenvalue weighted by molar-refractivity contribution is 7.89. The van der Waals surface area contributed by atoms with E-state index in [-0.39, 0.29) is 22.9 Å². The summed E-state index contributed by atoms with van der Waals surface area (Å²) in [5.74, 6) is 0.0371. The van der Waals surface area contributed by atoms with Gasteiger partial charge in [0.1, 0.15) is 6.61 Å². The third kappa shape index (κ3) is 4.18. The van der Waals surface area contributed by atoms with Gasteiger partial charge in [0.2, 0.25) is 10.0 Å². The van der Waals surface area contributed by atoms with Gasteiger partial charge in [-0.3, -0.25) is 10.1 Å². The molecule has 1 aliphatic heterocycles. The van der Waals surface area contributed by atoms with Gasteiger partial charge in [-0.1, -0.05) is 0 Å². The molecule has 0 atom stereocenters. The molecule has 0 unspecified atom stereocenters. The van der Waals surface area contributed by atoms with Crippen LogP contribution in [-0.2, 0) is 14.8 Å². The summed E-state index contributed by atoms with van der Waals surface area (Å²) in [5.41, 5.74) is -0.359. The van der Waals surface area contributed by atoms with E-state index in [1.165, 1.54) is 16.4 Å². The van der Waals surface area contributed by atoms with Crippen LogP contribution in [0.15, 0.2) is 23.1 Å². The Labute approximate surface area is 135 Å². The summed E-state index contributed by atoms with van der Waals surface area (Å²) in [4.78, 5) is 10.5. The number of rotatable bonds is 8. The SMILES string of the molecule is CCOCCOc1ccc(S(=O)(=O)N2CCCC2)cc1[N+](=O)[O-]. The molecule has 0 aromatic heterocycles. The van der Waals surface area contributed by atoms with Crippen LogP contribution in [-0.4, -0.2) is 50.6 Å². The predicted molar refractivity (Wildman–Crippen MR) is 83.1 cm³/mol. The van der Waals surface area contributed by atoms with E-state index in [1.54, 1.807) is 0 Å². The van der Waals surface area contributed by atoms with Crippen LogP contribution in [0.4, 0.5) is 5.69 Å². The topological polar surface area (TPSA) is 99.0 Å². The lowest BCUT2D eigenvalue weighted by molar-refractivity contribution is -0.386. The van der Waals surface area contributed by atoms with Crippen molar-refractivity contribution in [3.63, 3.8) is 0 Å². The van der Waals surface area contributed by atoms with E-state index in [2.05, 4.69) is 0 Å². The molecule has 0 amide bonds. The Balaban J connectivity index is 2.23. The predicted octanol–water partition coefficient (Wildman–Crippen LogP) is 1.79. The molecule has 0 N–H and O–H groups in total. The maximum Gasteiger partial charge on any atom is 0.312 e. The average molecular weight is 344 g/mol. The van der Waals surface area contributed by atoms with Gasteiger partial charge >= 0.3 is 5.69 Å². The second-order valence-corrected chi connectivity index (χ2v) is 6.98. The maximum absolute atomic E-state index is 12.5. The number of sulfonamides is 1. The fourth-order valence-electron chi connectivity index (χ4n) is 2.35. The van der Waals surface area contributed by atoms with Crippen LogP contribution in [0.3, 0.4) is 0 Å². The molecule has 8 nitrogen and oxygen atoms in total. The first-order valence-electron chi connectivity index (χ1n) is 7.46. The number of benzene rings is 1. The lowest BCUT2D eigenvalue weighted by Gasteiger charge is -2.15. The minimum atomic E-state index is -3.69. The van der Waals surface area contributed by atoms with E-state index < -0.39 is 14.9 Å².